The van der Waals surface area contributed by atoms with Crippen molar-refractivity contribution in [3.05, 3.63) is 93.7 Å². The van der Waals surface area contributed by atoms with Crippen molar-refractivity contribution in [3.63, 3.8) is 0 Å². The highest BCUT2D eigenvalue weighted by molar-refractivity contribution is 7.14. The highest BCUT2D eigenvalue weighted by Gasteiger charge is 2.52. The van der Waals surface area contributed by atoms with Crippen LogP contribution in [0.1, 0.15) is 22.3 Å². The molecule has 23 heavy (non-hydrogen) atoms. The molecule has 0 unspecified atom stereocenters. The van der Waals surface area contributed by atoms with Gasteiger partial charge in [-0.1, -0.05) is 48.5 Å². The van der Waals surface area contributed by atoms with Crippen molar-refractivity contribution in [2.45, 2.75) is 5.41 Å². The number of hydrogen-bond donors (Lipinski definition) is 0. The van der Waals surface area contributed by atoms with E-state index in [1.807, 2.05) is 22.7 Å². The Morgan fingerprint density at radius 1 is 0.522 bits per heavy atom. The van der Waals surface area contributed by atoms with Crippen LogP contribution in [-0.2, 0) is 5.41 Å². The van der Waals surface area contributed by atoms with Crippen LogP contribution < -0.4 is 0 Å². The molecular formula is C21H12S2. The maximum atomic E-state index is 2.34. The molecule has 4 aromatic rings. The second kappa shape index (κ2) is 4.02. The van der Waals surface area contributed by atoms with Gasteiger partial charge in [0.15, 0.2) is 0 Å². The van der Waals surface area contributed by atoms with E-state index >= 15 is 0 Å². The Kier molecular flexibility index (Phi) is 2.15. The maximum absolute atomic E-state index is 2.34. The molecule has 0 aliphatic heterocycles. The first-order valence-corrected chi connectivity index (χ1v) is 9.54. The number of rotatable bonds is 0. The van der Waals surface area contributed by atoms with E-state index in [0.717, 1.165) is 0 Å². The van der Waals surface area contributed by atoms with Crippen molar-refractivity contribution >= 4 is 22.7 Å². The normalized spacial score (nSPS) is 15.3. The molecule has 2 heterocycles. The molecular weight excluding hydrogens is 316 g/mol. The summed E-state index contributed by atoms with van der Waals surface area (Å²) in [4.78, 5) is 2.88. The van der Waals surface area contributed by atoms with Gasteiger partial charge in [-0.15, -0.1) is 22.7 Å². The lowest BCUT2D eigenvalue weighted by atomic mass is 9.71. The minimum Gasteiger partial charge on any atom is -0.143 e. The zero-order chi connectivity index (χ0) is 15.0. The van der Waals surface area contributed by atoms with E-state index in [0.29, 0.717) is 0 Å². The van der Waals surface area contributed by atoms with Crippen LogP contribution in [0.2, 0.25) is 0 Å². The zero-order valence-corrected chi connectivity index (χ0v) is 13.9. The Hall–Kier alpha value is -2.16. The summed E-state index contributed by atoms with van der Waals surface area (Å²) in [6.07, 6.45) is 0. The van der Waals surface area contributed by atoms with E-state index in [9.17, 15) is 0 Å². The van der Waals surface area contributed by atoms with Crippen molar-refractivity contribution in [2.75, 3.05) is 0 Å². The Morgan fingerprint density at radius 3 is 1.52 bits per heavy atom. The predicted octanol–water partition coefficient (Wildman–Crippen LogP) is 6.15. The molecule has 108 valence electrons. The average molecular weight is 328 g/mol. The Morgan fingerprint density at radius 2 is 1.00 bits per heavy atom. The lowest BCUT2D eigenvalue weighted by Crippen LogP contribution is -2.25. The van der Waals surface area contributed by atoms with Crippen LogP contribution in [0.3, 0.4) is 0 Å². The van der Waals surface area contributed by atoms with Crippen molar-refractivity contribution in [1.82, 2.24) is 0 Å². The third-order valence-electron chi connectivity index (χ3n) is 5.29. The van der Waals surface area contributed by atoms with E-state index in [1.54, 1.807) is 0 Å². The van der Waals surface area contributed by atoms with Gasteiger partial charge < -0.3 is 0 Å². The molecule has 6 rings (SSSR count). The molecule has 0 saturated heterocycles. The first-order chi connectivity index (χ1) is 11.4. The van der Waals surface area contributed by atoms with Gasteiger partial charge in [0.25, 0.3) is 0 Å². The van der Waals surface area contributed by atoms with Gasteiger partial charge in [0, 0.05) is 9.75 Å². The van der Waals surface area contributed by atoms with Crippen LogP contribution in [0.25, 0.3) is 20.9 Å². The minimum atomic E-state index is -0.0994. The Labute approximate surface area is 142 Å². The highest BCUT2D eigenvalue weighted by Crippen LogP contribution is 2.64. The number of hydrogen-bond acceptors (Lipinski definition) is 2. The Bertz CT molecular complexity index is 993. The highest BCUT2D eigenvalue weighted by atomic mass is 32.1. The van der Waals surface area contributed by atoms with Crippen molar-refractivity contribution in [2.24, 2.45) is 0 Å². The maximum Gasteiger partial charge on any atom is 0.0742 e. The summed E-state index contributed by atoms with van der Waals surface area (Å²) in [6.45, 7) is 0. The van der Waals surface area contributed by atoms with Gasteiger partial charge in [-0.05, 0) is 56.3 Å². The van der Waals surface area contributed by atoms with E-state index in [1.165, 1.54) is 43.1 Å². The van der Waals surface area contributed by atoms with Gasteiger partial charge in [0.05, 0.1) is 5.41 Å². The molecule has 0 atom stereocenters. The van der Waals surface area contributed by atoms with Crippen molar-refractivity contribution < 1.29 is 0 Å². The van der Waals surface area contributed by atoms with Crippen LogP contribution in [0.5, 0.6) is 0 Å². The quantitative estimate of drug-likeness (QED) is 0.313. The first-order valence-electron chi connectivity index (χ1n) is 7.78. The Balaban J connectivity index is 1.89. The summed E-state index contributed by atoms with van der Waals surface area (Å²) in [5.74, 6) is 0. The SMILES string of the molecule is c1ccc2c(c1)-c1sccc1C21c2ccccc2-c2sccc21. The van der Waals surface area contributed by atoms with Crippen LogP contribution in [0.15, 0.2) is 71.4 Å². The zero-order valence-electron chi connectivity index (χ0n) is 12.2. The van der Waals surface area contributed by atoms with E-state index in [-0.39, 0.29) is 5.41 Å². The number of fused-ring (bicyclic) bond motifs is 10. The fourth-order valence-electron chi connectivity index (χ4n) is 4.51. The van der Waals surface area contributed by atoms with Crippen LogP contribution >= 0.6 is 22.7 Å². The number of thiophene rings is 2. The molecule has 1 spiro atoms. The molecule has 0 amide bonds. The standard InChI is InChI=1S/C21H12S2/c1-3-7-15-13(5-1)19-17(9-11-22-19)21(15)16-8-4-2-6-14(16)20-18(21)10-12-23-20/h1-12H. The summed E-state index contributed by atoms with van der Waals surface area (Å²) < 4.78 is 0. The molecule has 0 radical (unpaired) electrons. The molecule has 2 aliphatic carbocycles. The molecule has 0 fully saturated rings. The van der Waals surface area contributed by atoms with Gasteiger partial charge >= 0.3 is 0 Å². The third-order valence-corrected chi connectivity index (χ3v) is 7.19. The smallest absolute Gasteiger partial charge is 0.0742 e. The van der Waals surface area contributed by atoms with Gasteiger partial charge in [0.2, 0.25) is 0 Å². The van der Waals surface area contributed by atoms with E-state index in [2.05, 4.69) is 71.4 Å². The van der Waals surface area contributed by atoms with Crippen molar-refractivity contribution in [3.8, 4) is 20.9 Å². The van der Waals surface area contributed by atoms with Crippen LogP contribution in [0, 0.1) is 0 Å². The predicted molar refractivity (Wildman–Crippen MR) is 98.5 cm³/mol. The second-order valence-electron chi connectivity index (χ2n) is 6.17. The molecule has 2 aromatic carbocycles. The van der Waals surface area contributed by atoms with Gasteiger partial charge in [-0.3, -0.25) is 0 Å². The molecule has 0 saturated carbocycles. The summed E-state index contributed by atoms with van der Waals surface area (Å²) in [5, 5.41) is 4.49. The molecule has 2 heteroatoms. The summed E-state index contributed by atoms with van der Waals surface area (Å²) in [5.41, 5.74) is 8.55. The lowest BCUT2D eigenvalue weighted by Gasteiger charge is -2.28. The van der Waals surface area contributed by atoms with Crippen LogP contribution in [-0.4, -0.2) is 0 Å². The van der Waals surface area contributed by atoms with Crippen molar-refractivity contribution in [1.29, 1.82) is 0 Å². The fraction of sp³-hybridized carbons (Fsp3) is 0.0476. The summed E-state index contributed by atoms with van der Waals surface area (Å²) in [7, 11) is 0. The van der Waals surface area contributed by atoms with Crippen LogP contribution in [0.4, 0.5) is 0 Å². The van der Waals surface area contributed by atoms with Gasteiger partial charge in [-0.2, -0.15) is 0 Å². The fourth-order valence-corrected chi connectivity index (χ4v) is 6.50. The molecule has 0 bridgehead atoms. The summed E-state index contributed by atoms with van der Waals surface area (Å²) >= 11 is 3.74. The molecule has 0 nitrogen and oxygen atoms in total. The van der Waals surface area contributed by atoms with E-state index in [4.69, 9.17) is 0 Å². The average Bonchev–Trinajstić information content (AvgIpc) is 3.33. The number of benzene rings is 2. The monoisotopic (exact) mass is 328 g/mol. The topological polar surface area (TPSA) is 0 Å². The summed E-state index contributed by atoms with van der Waals surface area (Å²) in [6, 6.07) is 22.6. The van der Waals surface area contributed by atoms with Gasteiger partial charge in [-0.25, -0.2) is 0 Å². The first kappa shape index (κ1) is 12.3. The lowest BCUT2D eigenvalue weighted by molar-refractivity contribution is 0.798. The molecule has 0 N–H and O–H groups in total. The largest absolute Gasteiger partial charge is 0.143 e. The van der Waals surface area contributed by atoms with E-state index < -0.39 is 0 Å². The molecule has 2 aliphatic rings. The second-order valence-corrected chi connectivity index (χ2v) is 8.00. The van der Waals surface area contributed by atoms with Gasteiger partial charge in [0.1, 0.15) is 0 Å². The third kappa shape index (κ3) is 1.22. The minimum absolute atomic E-state index is 0.0994. The molecule has 2 aromatic heterocycles.